The minimum absolute atomic E-state index is 0.136. The second-order valence-corrected chi connectivity index (χ2v) is 10.1. The van der Waals surface area contributed by atoms with Crippen LogP contribution in [0.5, 0.6) is 0 Å². The van der Waals surface area contributed by atoms with Crippen molar-refractivity contribution in [1.82, 2.24) is 0 Å². The molecule has 5 nitrogen and oxygen atoms in total. The van der Waals surface area contributed by atoms with E-state index in [9.17, 15) is 14.4 Å². The lowest BCUT2D eigenvalue weighted by atomic mass is 9.64. The molecule has 1 fully saturated rings. The first-order valence-corrected chi connectivity index (χ1v) is 12.5. The first-order valence-electron chi connectivity index (χ1n) is 12.5. The normalized spacial score (nSPS) is 25.1. The number of nitrogens with zero attached hydrogens (tertiary/aromatic N) is 1. The van der Waals surface area contributed by atoms with Crippen LogP contribution in [0.3, 0.4) is 0 Å². The summed E-state index contributed by atoms with van der Waals surface area (Å²) in [6, 6.07) is 27.5. The summed E-state index contributed by atoms with van der Waals surface area (Å²) in [5.41, 5.74) is 2.57. The fourth-order valence-electron chi connectivity index (χ4n) is 6.87. The molecule has 0 bridgehead atoms. The monoisotopic (exact) mass is 484 g/mol. The number of carbonyl (C=O) groups is 3. The van der Waals surface area contributed by atoms with Gasteiger partial charge in [0, 0.05) is 22.5 Å². The van der Waals surface area contributed by atoms with Crippen LogP contribution in [0.2, 0.25) is 0 Å². The van der Waals surface area contributed by atoms with Gasteiger partial charge in [0.2, 0.25) is 5.91 Å². The van der Waals surface area contributed by atoms with Crippen molar-refractivity contribution in [2.45, 2.75) is 24.4 Å². The fourth-order valence-corrected chi connectivity index (χ4v) is 6.87. The molecule has 37 heavy (non-hydrogen) atoms. The minimum atomic E-state index is -1.25. The Labute approximate surface area is 214 Å². The van der Waals surface area contributed by atoms with Crippen molar-refractivity contribution in [3.05, 3.63) is 114 Å². The highest BCUT2D eigenvalue weighted by Crippen LogP contribution is 2.58. The number of anilines is 2. The Morgan fingerprint density at radius 1 is 0.865 bits per heavy atom. The van der Waals surface area contributed by atoms with Crippen molar-refractivity contribution in [1.29, 1.82) is 0 Å². The zero-order valence-electron chi connectivity index (χ0n) is 20.2. The fraction of sp³-hybridized carbons (Fsp3) is 0.156. The summed E-state index contributed by atoms with van der Waals surface area (Å²) >= 11 is 0. The molecule has 0 aromatic heterocycles. The summed E-state index contributed by atoms with van der Waals surface area (Å²) in [7, 11) is 0. The summed E-state index contributed by atoms with van der Waals surface area (Å²) in [5, 5.41) is 5.22. The van der Waals surface area contributed by atoms with Crippen molar-refractivity contribution in [2.24, 2.45) is 5.92 Å². The number of hydrogen-bond acceptors (Lipinski definition) is 4. The van der Waals surface area contributed by atoms with Gasteiger partial charge < -0.3 is 10.2 Å². The van der Waals surface area contributed by atoms with Crippen molar-refractivity contribution in [2.75, 3.05) is 10.2 Å². The third-order valence-electron chi connectivity index (χ3n) is 8.30. The number of Topliss-reactive ketones (excluding diaryl/α,β-unsaturated/α-hetero) is 2. The molecule has 3 aliphatic heterocycles. The van der Waals surface area contributed by atoms with Crippen LogP contribution in [0.25, 0.3) is 16.8 Å². The number of carbonyl (C=O) groups excluding carboxylic acids is 3. The van der Waals surface area contributed by atoms with E-state index in [2.05, 4.69) is 23.5 Å². The number of hydrogen-bond donors (Lipinski definition) is 1. The predicted octanol–water partition coefficient (Wildman–Crippen LogP) is 5.40. The van der Waals surface area contributed by atoms with Gasteiger partial charge in [0.15, 0.2) is 11.6 Å². The number of para-hydroxylation sites is 1. The van der Waals surface area contributed by atoms with E-state index in [-0.39, 0.29) is 17.5 Å². The van der Waals surface area contributed by atoms with Gasteiger partial charge in [0.25, 0.3) is 0 Å². The average molecular weight is 485 g/mol. The Morgan fingerprint density at radius 3 is 2.41 bits per heavy atom. The van der Waals surface area contributed by atoms with Gasteiger partial charge in [-0.1, -0.05) is 91.0 Å². The van der Waals surface area contributed by atoms with Crippen molar-refractivity contribution in [3.8, 4) is 0 Å². The van der Waals surface area contributed by atoms with Gasteiger partial charge in [-0.15, -0.1) is 0 Å². The second-order valence-electron chi connectivity index (χ2n) is 10.1. The van der Waals surface area contributed by atoms with Gasteiger partial charge in [-0.25, -0.2) is 0 Å². The predicted molar refractivity (Wildman–Crippen MR) is 145 cm³/mol. The Balaban J connectivity index is 1.54. The number of fused-ring (bicyclic) bond motifs is 8. The smallest absolute Gasteiger partial charge is 0.238 e. The number of nitrogens with one attached hydrogen (secondary N) is 1. The molecular formula is C32H24N2O3. The van der Waals surface area contributed by atoms with E-state index in [0.29, 0.717) is 11.3 Å². The van der Waals surface area contributed by atoms with E-state index in [1.54, 1.807) is 12.1 Å². The Hall–Kier alpha value is -4.51. The van der Waals surface area contributed by atoms with E-state index in [1.807, 2.05) is 77.7 Å². The minimum Gasteiger partial charge on any atom is -0.352 e. The molecule has 180 valence electrons. The van der Waals surface area contributed by atoms with Crippen molar-refractivity contribution >= 4 is 45.7 Å². The molecule has 0 aliphatic carbocycles. The third kappa shape index (κ3) is 2.77. The highest BCUT2D eigenvalue weighted by molar-refractivity contribution is 6.17. The lowest BCUT2D eigenvalue weighted by Crippen LogP contribution is -2.51. The lowest BCUT2D eigenvalue weighted by Gasteiger charge is -2.38. The van der Waals surface area contributed by atoms with Gasteiger partial charge in [0.1, 0.15) is 5.41 Å². The lowest BCUT2D eigenvalue weighted by molar-refractivity contribution is -0.122. The van der Waals surface area contributed by atoms with Gasteiger partial charge in [-0.2, -0.15) is 0 Å². The molecule has 1 saturated heterocycles. The first-order chi connectivity index (χ1) is 18.0. The second kappa shape index (κ2) is 7.74. The van der Waals surface area contributed by atoms with Crippen LogP contribution in [-0.4, -0.2) is 29.6 Å². The Kier molecular flexibility index (Phi) is 4.55. The number of amides is 1. The van der Waals surface area contributed by atoms with Crippen LogP contribution in [0, 0.1) is 5.92 Å². The molecule has 7 rings (SSSR count). The Morgan fingerprint density at radius 2 is 1.59 bits per heavy atom. The molecule has 1 spiro atoms. The van der Waals surface area contributed by atoms with E-state index in [4.69, 9.17) is 0 Å². The molecular weight excluding hydrogens is 460 g/mol. The van der Waals surface area contributed by atoms with Gasteiger partial charge in [0.05, 0.1) is 18.0 Å². The zero-order valence-corrected chi connectivity index (χ0v) is 20.2. The van der Waals surface area contributed by atoms with Crippen LogP contribution in [0.4, 0.5) is 11.4 Å². The number of rotatable bonds is 3. The first kappa shape index (κ1) is 21.7. The maximum Gasteiger partial charge on any atom is 0.238 e. The molecule has 1 amide bonds. The molecule has 3 heterocycles. The maximum absolute atomic E-state index is 14.4. The molecule has 1 N–H and O–H groups in total. The summed E-state index contributed by atoms with van der Waals surface area (Å²) in [5.74, 6) is -1.47. The van der Waals surface area contributed by atoms with Crippen LogP contribution >= 0.6 is 0 Å². The standard InChI is InChI=1S/C32H24N2O3/c1-19(35)29-28(30(36)21-10-3-2-4-11-21)32(24-13-7-8-14-25(24)33-31(32)37)27-18-16-23-22-12-6-5-9-20(22)15-17-26(23)34(27)29/h2-18,27-29H,1H3,(H,33,37)/t27-,28-,29-,32-/m1/s1. The van der Waals surface area contributed by atoms with Crippen LogP contribution < -0.4 is 10.2 Å². The van der Waals surface area contributed by atoms with Crippen molar-refractivity contribution < 1.29 is 14.4 Å². The zero-order chi connectivity index (χ0) is 25.3. The van der Waals surface area contributed by atoms with E-state index in [0.717, 1.165) is 27.6 Å². The number of ketones is 2. The highest BCUT2D eigenvalue weighted by Gasteiger charge is 2.69. The largest absolute Gasteiger partial charge is 0.352 e. The van der Waals surface area contributed by atoms with Crippen LogP contribution in [0.15, 0.2) is 97.1 Å². The van der Waals surface area contributed by atoms with E-state index >= 15 is 0 Å². The summed E-state index contributed by atoms with van der Waals surface area (Å²) in [4.78, 5) is 44.0. The van der Waals surface area contributed by atoms with Gasteiger partial charge >= 0.3 is 0 Å². The van der Waals surface area contributed by atoms with Crippen LogP contribution in [0.1, 0.15) is 28.4 Å². The SMILES string of the molecule is CC(=O)[C@@H]1[C@H](C(=O)c2ccccc2)[C@]2(C(=O)Nc3ccccc32)[C@H]2C=Cc3c(ccc4ccccc34)N12. The average Bonchev–Trinajstić information content (AvgIpc) is 3.41. The Bertz CT molecular complexity index is 1660. The summed E-state index contributed by atoms with van der Waals surface area (Å²) in [6.45, 7) is 1.53. The van der Waals surface area contributed by atoms with Gasteiger partial charge in [-0.3, -0.25) is 14.4 Å². The molecule has 4 aromatic rings. The maximum atomic E-state index is 14.4. The molecule has 0 unspecified atom stereocenters. The number of benzene rings is 4. The van der Waals surface area contributed by atoms with Crippen LogP contribution in [-0.2, 0) is 15.0 Å². The van der Waals surface area contributed by atoms with Crippen molar-refractivity contribution in [3.63, 3.8) is 0 Å². The van der Waals surface area contributed by atoms with Gasteiger partial charge in [-0.05, 0) is 35.4 Å². The molecule has 0 radical (unpaired) electrons. The third-order valence-corrected chi connectivity index (χ3v) is 8.30. The topological polar surface area (TPSA) is 66.5 Å². The summed E-state index contributed by atoms with van der Waals surface area (Å²) in [6.07, 6.45) is 4.08. The van der Waals surface area contributed by atoms with E-state index in [1.165, 1.54) is 6.92 Å². The van der Waals surface area contributed by atoms with E-state index < -0.39 is 23.4 Å². The molecule has 4 atom stereocenters. The molecule has 4 aromatic carbocycles. The molecule has 0 saturated carbocycles. The summed E-state index contributed by atoms with van der Waals surface area (Å²) < 4.78 is 0. The molecule has 3 aliphatic rings. The molecule has 5 heteroatoms. The highest BCUT2D eigenvalue weighted by atomic mass is 16.2. The quantitative estimate of drug-likeness (QED) is 0.396.